The third kappa shape index (κ3) is 4.93. The number of rotatable bonds is 5. The summed E-state index contributed by atoms with van der Waals surface area (Å²) in [6.45, 7) is 3.23. The van der Waals surface area contributed by atoms with Crippen LogP contribution in [0, 0.1) is 11.8 Å². The van der Waals surface area contributed by atoms with Crippen molar-refractivity contribution < 1.29 is 22.8 Å². The van der Waals surface area contributed by atoms with Crippen LogP contribution in [0.4, 0.5) is 23.7 Å². The number of fused-ring (bicyclic) bond motifs is 1. The lowest BCUT2D eigenvalue weighted by Crippen LogP contribution is -2.36. The molecule has 1 aromatic carbocycles. The molecular formula is C25H31F3N6O2. The minimum Gasteiger partial charge on any atom is -0.372 e. The minimum absolute atomic E-state index is 0.187. The first kappa shape index (κ1) is 24.6. The zero-order valence-electron chi connectivity index (χ0n) is 20.2. The number of hydrogen-bond donors (Lipinski definition) is 1. The van der Waals surface area contributed by atoms with E-state index in [-0.39, 0.29) is 17.6 Å². The molecule has 2 amide bonds. The van der Waals surface area contributed by atoms with Crippen molar-refractivity contribution in [3.63, 3.8) is 0 Å². The highest BCUT2D eigenvalue weighted by molar-refractivity contribution is 5.93. The van der Waals surface area contributed by atoms with Crippen LogP contribution in [0.3, 0.4) is 0 Å². The monoisotopic (exact) mass is 504 g/mol. The smallest absolute Gasteiger partial charge is 0.372 e. The number of primary amides is 1. The molecule has 3 aliphatic rings. The number of nitrogens with two attached hydrogens (primary N) is 1. The summed E-state index contributed by atoms with van der Waals surface area (Å²) in [4.78, 5) is 30.0. The summed E-state index contributed by atoms with van der Waals surface area (Å²) in [5.74, 6) is 0.0232. The van der Waals surface area contributed by atoms with Crippen LogP contribution in [0.5, 0.6) is 0 Å². The zero-order valence-corrected chi connectivity index (χ0v) is 20.2. The third-order valence-electron chi connectivity index (χ3n) is 7.89. The number of hydrogen-bond acceptors (Lipinski definition) is 5. The van der Waals surface area contributed by atoms with Gasteiger partial charge in [-0.2, -0.15) is 23.0 Å². The summed E-state index contributed by atoms with van der Waals surface area (Å²) >= 11 is 0. The molecule has 3 heterocycles. The van der Waals surface area contributed by atoms with Crippen molar-refractivity contribution in [1.29, 1.82) is 0 Å². The molecule has 0 radical (unpaired) electrons. The van der Waals surface area contributed by atoms with E-state index in [4.69, 9.17) is 5.73 Å². The van der Waals surface area contributed by atoms with Gasteiger partial charge < -0.3 is 15.5 Å². The van der Waals surface area contributed by atoms with E-state index in [1.54, 1.807) is 4.90 Å². The van der Waals surface area contributed by atoms with Gasteiger partial charge in [0.1, 0.15) is 0 Å². The summed E-state index contributed by atoms with van der Waals surface area (Å²) in [5, 5.41) is 3.96. The van der Waals surface area contributed by atoms with E-state index >= 15 is 0 Å². The van der Waals surface area contributed by atoms with Crippen LogP contribution < -0.4 is 10.6 Å². The molecule has 194 valence electrons. The summed E-state index contributed by atoms with van der Waals surface area (Å²) < 4.78 is 42.0. The second kappa shape index (κ2) is 9.42. The van der Waals surface area contributed by atoms with Crippen LogP contribution in [-0.2, 0) is 12.7 Å². The predicted octanol–water partition coefficient (Wildman–Crippen LogP) is 3.41. The number of carbonyl (C=O) groups excluding carboxylic acids is 2. The molecule has 36 heavy (non-hydrogen) atoms. The molecule has 5 rings (SSSR count). The normalized spacial score (nSPS) is 24.1. The summed E-state index contributed by atoms with van der Waals surface area (Å²) in [6.07, 6.45) is 2.02. The minimum atomic E-state index is -4.38. The molecule has 3 fully saturated rings. The number of alkyl halides is 3. The molecule has 1 unspecified atom stereocenters. The van der Waals surface area contributed by atoms with Gasteiger partial charge in [-0.25, -0.2) is 4.79 Å². The van der Waals surface area contributed by atoms with Gasteiger partial charge in [0.15, 0.2) is 0 Å². The zero-order chi connectivity index (χ0) is 25.6. The Hall–Kier alpha value is -3.08. The lowest BCUT2D eigenvalue weighted by atomic mass is 10.0. The van der Waals surface area contributed by atoms with Gasteiger partial charge in [0.05, 0.1) is 17.3 Å². The molecule has 1 aromatic heterocycles. The molecule has 1 saturated carbocycles. The van der Waals surface area contributed by atoms with E-state index in [1.807, 2.05) is 18.0 Å². The molecule has 8 nitrogen and oxygen atoms in total. The van der Waals surface area contributed by atoms with E-state index in [9.17, 15) is 22.8 Å². The summed E-state index contributed by atoms with van der Waals surface area (Å²) in [6, 6.07) is 4.41. The number of amides is 2. The summed E-state index contributed by atoms with van der Waals surface area (Å²) in [5.41, 5.74) is 6.17. The first-order chi connectivity index (χ1) is 17.1. The highest BCUT2D eigenvalue weighted by atomic mass is 19.4. The maximum absolute atomic E-state index is 13.6. The van der Waals surface area contributed by atoms with Crippen molar-refractivity contribution in [2.75, 3.05) is 38.1 Å². The lowest BCUT2D eigenvalue weighted by molar-refractivity contribution is -0.137. The van der Waals surface area contributed by atoms with Gasteiger partial charge in [-0.1, -0.05) is 0 Å². The quantitative estimate of drug-likeness (QED) is 0.675. The fraction of sp³-hybridized carbons (Fsp3) is 0.560. The Labute approximate surface area is 207 Å². The molecular weight excluding hydrogens is 473 g/mol. The highest BCUT2D eigenvalue weighted by Gasteiger charge is 2.44. The second-order valence-electron chi connectivity index (χ2n) is 10.4. The van der Waals surface area contributed by atoms with Crippen molar-refractivity contribution in [3.05, 3.63) is 47.3 Å². The topological polar surface area (TPSA) is 87.7 Å². The predicted molar refractivity (Wildman–Crippen MR) is 127 cm³/mol. The molecule has 2 aliphatic heterocycles. The fourth-order valence-corrected chi connectivity index (χ4v) is 5.99. The van der Waals surface area contributed by atoms with Crippen LogP contribution in [0.15, 0.2) is 30.6 Å². The average molecular weight is 505 g/mol. The van der Waals surface area contributed by atoms with Gasteiger partial charge in [0, 0.05) is 50.6 Å². The fourth-order valence-electron chi connectivity index (χ4n) is 5.99. The van der Waals surface area contributed by atoms with Gasteiger partial charge in [-0.3, -0.25) is 9.69 Å². The molecule has 2 aromatic rings. The van der Waals surface area contributed by atoms with E-state index in [0.717, 1.165) is 43.5 Å². The van der Waals surface area contributed by atoms with Gasteiger partial charge in [-0.15, -0.1) is 0 Å². The summed E-state index contributed by atoms with van der Waals surface area (Å²) in [7, 11) is 1.97. The Morgan fingerprint density at radius 1 is 1.11 bits per heavy atom. The molecule has 3 atom stereocenters. The number of anilines is 1. The van der Waals surface area contributed by atoms with E-state index in [0.29, 0.717) is 42.7 Å². The van der Waals surface area contributed by atoms with Crippen molar-refractivity contribution in [1.82, 2.24) is 19.6 Å². The first-order valence-electron chi connectivity index (χ1n) is 12.4. The van der Waals surface area contributed by atoms with Crippen LogP contribution in [0.25, 0.3) is 0 Å². The standard InChI is InChI=1S/C25H31F3N6O2/c1-31(12-16-6-20(25(26,27)28)10-22(7-16)32-4-2-3-5-32)21-8-17-13-33(14-18(17)9-21)24(36)34-15-19(11-30-34)23(29)35/h6-7,10-11,15,17-18,21H,2-5,8-9,12-14H2,1H3,(H2,29,35)/t17-,18+,21?. The Morgan fingerprint density at radius 2 is 1.78 bits per heavy atom. The molecule has 0 bridgehead atoms. The van der Waals surface area contributed by atoms with Gasteiger partial charge in [0.25, 0.3) is 5.91 Å². The van der Waals surface area contributed by atoms with Crippen LogP contribution in [-0.4, -0.2) is 70.8 Å². The van der Waals surface area contributed by atoms with Crippen molar-refractivity contribution in [2.45, 2.75) is 44.4 Å². The number of benzene rings is 1. The molecule has 11 heteroatoms. The Bertz CT molecular complexity index is 1130. The Balaban J connectivity index is 1.22. The van der Waals surface area contributed by atoms with Crippen molar-refractivity contribution >= 4 is 17.6 Å². The van der Waals surface area contributed by atoms with E-state index in [2.05, 4.69) is 10.00 Å². The van der Waals surface area contributed by atoms with E-state index < -0.39 is 17.6 Å². The van der Waals surface area contributed by atoms with Crippen molar-refractivity contribution in [3.8, 4) is 0 Å². The maximum atomic E-state index is 13.6. The van der Waals surface area contributed by atoms with Crippen molar-refractivity contribution in [2.24, 2.45) is 17.6 Å². The number of aromatic nitrogens is 2. The largest absolute Gasteiger partial charge is 0.416 e. The third-order valence-corrected chi connectivity index (χ3v) is 7.89. The van der Waals surface area contributed by atoms with Crippen LogP contribution >= 0.6 is 0 Å². The van der Waals surface area contributed by atoms with Crippen LogP contribution in [0.1, 0.15) is 47.2 Å². The maximum Gasteiger partial charge on any atom is 0.416 e. The van der Waals surface area contributed by atoms with Crippen LogP contribution in [0.2, 0.25) is 0 Å². The van der Waals surface area contributed by atoms with Gasteiger partial charge >= 0.3 is 12.2 Å². The Kier molecular flexibility index (Phi) is 6.44. The number of halogens is 3. The SMILES string of the molecule is CN(Cc1cc(N2CCCC2)cc(C(F)(F)F)c1)C1C[C@@H]2CN(C(=O)n3cc(C(N)=O)cn3)C[C@@H]2C1. The van der Waals surface area contributed by atoms with Gasteiger partial charge in [0.2, 0.25) is 0 Å². The molecule has 2 saturated heterocycles. The second-order valence-corrected chi connectivity index (χ2v) is 10.4. The Morgan fingerprint density at radius 3 is 2.36 bits per heavy atom. The van der Waals surface area contributed by atoms with E-state index in [1.165, 1.54) is 24.5 Å². The highest BCUT2D eigenvalue weighted by Crippen LogP contribution is 2.41. The molecule has 2 N–H and O–H groups in total. The average Bonchev–Trinajstić information content (AvgIpc) is 3.61. The number of carbonyl (C=O) groups is 2. The first-order valence-corrected chi connectivity index (χ1v) is 12.4. The lowest BCUT2D eigenvalue weighted by Gasteiger charge is -2.28. The number of nitrogens with zero attached hydrogens (tertiary/aromatic N) is 5. The molecule has 1 aliphatic carbocycles. The molecule has 0 spiro atoms. The number of likely N-dealkylation sites (tertiary alicyclic amines) is 1. The van der Waals surface area contributed by atoms with Gasteiger partial charge in [-0.05, 0) is 68.3 Å².